The lowest BCUT2D eigenvalue weighted by Gasteiger charge is -2.12. The van der Waals surface area contributed by atoms with E-state index in [2.05, 4.69) is 4.98 Å². The van der Waals surface area contributed by atoms with Crippen molar-refractivity contribution in [2.75, 3.05) is 7.11 Å². The van der Waals surface area contributed by atoms with Crippen molar-refractivity contribution >= 4 is 23.1 Å². The molecule has 0 atom stereocenters. The maximum absolute atomic E-state index is 14.0. The summed E-state index contributed by atoms with van der Waals surface area (Å²) in [6, 6.07) is 20.8. The summed E-state index contributed by atoms with van der Waals surface area (Å²) in [6.07, 6.45) is 3.26. The first kappa shape index (κ1) is 17.7. The molecule has 0 saturated carbocycles. The molecule has 0 radical (unpaired) electrons. The number of halogens is 1. The summed E-state index contributed by atoms with van der Waals surface area (Å²) in [5, 5.41) is 0.508. The molecule has 0 aliphatic rings. The molecule has 4 rings (SSSR count). The van der Waals surface area contributed by atoms with Gasteiger partial charge in [-0.1, -0.05) is 36.4 Å². The van der Waals surface area contributed by atoms with E-state index in [9.17, 15) is 9.18 Å². The third-order valence-electron chi connectivity index (χ3n) is 4.43. The molecule has 0 spiro atoms. The highest BCUT2D eigenvalue weighted by Crippen LogP contribution is 2.19. The van der Waals surface area contributed by atoms with Crippen LogP contribution in [0.3, 0.4) is 0 Å². The van der Waals surface area contributed by atoms with E-state index in [1.807, 2.05) is 6.07 Å². The van der Waals surface area contributed by atoms with Crippen molar-refractivity contribution in [2.24, 2.45) is 0 Å². The topological polar surface area (TPSA) is 44.1 Å². The Kier molecular flexibility index (Phi) is 4.72. The van der Waals surface area contributed by atoms with Crippen LogP contribution >= 0.6 is 0 Å². The average Bonchev–Trinajstić information content (AvgIpc) is 2.73. The molecule has 3 aromatic carbocycles. The molecule has 0 unspecified atom stereocenters. The van der Waals surface area contributed by atoms with Crippen LogP contribution in [0.25, 0.3) is 28.7 Å². The van der Waals surface area contributed by atoms with Crippen LogP contribution in [-0.2, 0) is 0 Å². The zero-order valence-corrected chi connectivity index (χ0v) is 15.2. The molecule has 0 bridgehead atoms. The Balaban J connectivity index is 1.96. The third kappa shape index (κ3) is 3.30. The first-order valence-corrected chi connectivity index (χ1v) is 8.76. The van der Waals surface area contributed by atoms with Gasteiger partial charge in [-0.05, 0) is 42.5 Å². The lowest BCUT2D eigenvalue weighted by Crippen LogP contribution is -2.22. The minimum absolute atomic E-state index is 0.202. The number of nitrogens with zero attached hydrogens (tertiary/aromatic N) is 2. The van der Waals surface area contributed by atoms with E-state index in [0.29, 0.717) is 33.7 Å². The molecular weight excluding hydrogens is 355 g/mol. The van der Waals surface area contributed by atoms with Crippen molar-refractivity contribution in [3.63, 3.8) is 0 Å². The van der Waals surface area contributed by atoms with Crippen molar-refractivity contribution in [1.82, 2.24) is 9.55 Å². The van der Waals surface area contributed by atoms with Crippen LogP contribution in [0, 0.1) is 5.82 Å². The first-order valence-electron chi connectivity index (χ1n) is 8.76. The molecule has 138 valence electrons. The molecule has 1 aromatic heterocycles. The normalized spacial score (nSPS) is 11.2. The number of para-hydroxylation sites is 1. The predicted octanol–water partition coefficient (Wildman–Crippen LogP) is 4.70. The van der Waals surface area contributed by atoms with Crippen LogP contribution in [0.2, 0.25) is 0 Å². The van der Waals surface area contributed by atoms with Gasteiger partial charge >= 0.3 is 0 Å². The van der Waals surface area contributed by atoms with Crippen LogP contribution in [-0.4, -0.2) is 16.7 Å². The Morgan fingerprint density at radius 1 is 0.964 bits per heavy atom. The quantitative estimate of drug-likeness (QED) is 0.521. The van der Waals surface area contributed by atoms with Crippen LogP contribution < -0.4 is 10.3 Å². The summed E-state index contributed by atoms with van der Waals surface area (Å²) in [4.78, 5) is 17.8. The maximum Gasteiger partial charge on any atom is 0.266 e. The van der Waals surface area contributed by atoms with E-state index in [1.54, 1.807) is 79.9 Å². The molecule has 0 amide bonds. The van der Waals surface area contributed by atoms with E-state index in [4.69, 9.17) is 4.74 Å². The van der Waals surface area contributed by atoms with Gasteiger partial charge in [-0.2, -0.15) is 0 Å². The summed E-state index contributed by atoms with van der Waals surface area (Å²) in [6.45, 7) is 0. The Morgan fingerprint density at radius 3 is 2.57 bits per heavy atom. The molecule has 0 N–H and O–H groups in total. The number of rotatable bonds is 4. The molecule has 0 aliphatic carbocycles. The summed E-state index contributed by atoms with van der Waals surface area (Å²) in [5.41, 5.74) is 1.42. The molecule has 4 aromatic rings. The van der Waals surface area contributed by atoms with E-state index < -0.39 is 0 Å². The van der Waals surface area contributed by atoms with E-state index in [0.717, 1.165) is 0 Å². The van der Waals surface area contributed by atoms with Gasteiger partial charge in [0.05, 0.1) is 23.7 Å². The van der Waals surface area contributed by atoms with Crippen molar-refractivity contribution < 1.29 is 9.13 Å². The third-order valence-corrected chi connectivity index (χ3v) is 4.43. The van der Waals surface area contributed by atoms with Gasteiger partial charge in [0.15, 0.2) is 0 Å². The summed E-state index contributed by atoms with van der Waals surface area (Å²) in [7, 11) is 1.57. The molecule has 4 nitrogen and oxygen atoms in total. The van der Waals surface area contributed by atoms with E-state index >= 15 is 0 Å². The SMILES string of the molecule is COc1cccc(-n2c(C=Cc3ccccc3F)nc3ccccc3c2=O)c1. The minimum Gasteiger partial charge on any atom is -0.497 e. The zero-order chi connectivity index (χ0) is 19.5. The Bertz CT molecular complexity index is 1240. The Hall–Kier alpha value is -3.73. The lowest BCUT2D eigenvalue weighted by atomic mass is 10.2. The predicted molar refractivity (Wildman–Crippen MR) is 109 cm³/mol. The van der Waals surface area contributed by atoms with Crippen molar-refractivity contribution in [3.05, 3.63) is 100 Å². The number of ether oxygens (including phenoxy) is 1. The van der Waals surface area contributed by atoms with Gasteiger partial charge in [0.25, 0.3) is 5.56 Å². The molecular formula is C23H17FN2O2. The Morgan fingerprint density at radius 2 is 1.75 bits per heavy atom. The molecule has 5 heteroatoms. The summed E-state index contributed by atoms with van der Waals surface area (Å²) >= 11 is 0. The van der Waals surface area contributed by atoms with Gasteiger partial charge < -0.3 is 4.74 Å². The fourth-order valence-electron chi connectivity index (χ4n) is 3.04. The zero-order valence-electron chi connectivity index (χ0n) is 15.2. The smallest absolute Gasteiger partial charge is 0.266 e. The number of benzene rings is 3. The Labute approximate surface area is 161 Å². The number of aromatic nitrogens is 2. The second-order valence-corrected chi connectivity index (χ2v) is 6.18. The highest BCUT2D eigenvalue weighted by molar-refractivity contribution is 5.80. The molecule has 0 saturated heterocycles. The summed E-state index contributed by atoms with van der Waals surface area (Å²) in [5.74, 6) is 0.691. The van der Waals surface area contributed by atoms with Gasteiger partial charge in [0, 0.05) is 11.6 Å². The van der Waals surface area contributed by atoms with Gasteiger partial charge in [0.2, 0.25) is 0 Å². The summed E-state index contributed by atoms with van der Waals surface area (Å²) < 4.78 is 20.8. The second kappa shape index (κ2) is 7.48. The first-order chi connectivity index (χ1) is 13.7. The van der Waals surface area contributed by atoms with Crippen molar-refractivity contribution in [1.29, 1.82) is 0 Å². The van der Waals surface area contributed by atoms with Crippen LogP contribution in [0.1, 0.15) is 11.4 Å². The van der Waals surface area contributed by atoms with Gasteiger partial charge in [-0.3, -0.25) is 9.36 Å². The van der Waals surface area contributed by atoms with Crippen molar-refractivity contribution in [2.45, 2.75) is 0 Å². The molecule has 28 heavy (non-hydrogen) atoms. The number of hydrogen-bond donors (Lipinski definition) is 0. The monoisotopic (exact) mass is 372 g/mol. The fourth-order valence-corrected chi connectivity index (χ4v) is 3.04. The van der Waals surface area contributed by atoms with Crippen LogP contribution in [0.4, 0.5) is 4.39 Å². The minimum atomic E-state index is -0.338. The van der Waals surface area contributed by atoms with E-state index in [1.165, 1.54) is 10.6 Å². The lowest BCUT2D eigenvalue weighted by molar-refractivity contribution is 0.414. The number of hydrogen-bond acceptors (Lipinski definition) is 3. The largest absolute Gasteiger partial charge is 0.497 e. The molecule has 1 heterocycles. The van der Waals surface area contributed by atoms with Crippen LogP contribution in [0.5, 0.6) is 5.75 Å². The second-order valence-electron chi connectivity index (χ2n) is 6.18. The highest BCUT2D eigenvalue weighted by atomic mass is 19.1. The van der Waals surface area contributed by atoms with Crippen molar-refractivity contribution in [3.8, 4) is 11.4 Å². The standard InChI is InChI=1S/C23H17FN2O2/c1-28-18-9-6-8-17(15-18)26-22(14-13-16-7-2-4-11-20(16)24)25-21-12-5-3-10-19(21)23(26)27/h2-15H,1H3. The van der Waals surface area contributed by atoms with Gasteiger partial charge in [-0.15, -0.1) is 0 Å². The molecule has 0 aliphatic heterocycles. The molecule has 0 fully saturated rings. The van der Waals surface area contributed by atoms with Crippen LogP contribution in [0.15, 0.2) is 77.6 Å². The van der Waals surface area contributed by atoms with Gasteiger partial charge in [-0.25, -0.2) is 9.37 Å². The number of fused-ring (bicyclic) bond motifs is 1. The van der Waals surface area contributed by atoms with E-state index in [-0.39, 0.29) is 11.4 Å². The maximum atomic E-state index is 14.0. The highest BCUT2D eigenvalue weighted by Gasteiger charge is 2.11. The van der Waals surface area contributed by atoms with Gasteiger partial charge in [0.1, 0.15) is 17.4 Å². The number of methoxy groups -OCH3 is 1. The fraction of sp³-hybridized carbons (Fsp3) is 0.0435. The average molecular weight is 372 g/mol.